The first-order chi connectivity index (χ1) is 9.21. The number of hydrogen-bond acceptors (Lipinski definition) is 3. The van der Waals surface area contributed by atoms with Crippen molar-refractivity contribution in [2.75, 3.05) is 26.8 Å². The molecule has 0 aromatic carbocycles. The van der Waals surface area contributed by atoms with Crippen molar-refractivity contribution in [2.45, 2.75) is 64.0 Å². The van der Waals surface area contributed by atoms with Crippen LogP contribution >= 0.6 is 0 Å². The first kappa shape index (κ1) is 15.3. The average molecular weight is 268 g/mol. The van der Waals surface area contributed by atoms with Crippen molar-refractivity contribution in [3.63, 3.8) is 0 Å². The number of fused-ring (bicyclic) bond motifs is 2. The molecule has 2 aliphatic rings. The van der Waals surface area contributed by atoms with E-state index in [2.05, 4.69) is 18.7 Å². The fourth-order valence-corrected chi connectivity index (χ4v) is 4.82. The van der Waals surface area contributed by atoms with Crippen LogP contribution in [0.5, 0.6) is 0 Å². The normalized spacial score (nSPS) is 33.8. The minimum atomic E-state index is 0.276. The maximum Gasteiger partial charge on any atom is 0.0590 e. The molecule has 0 heterocycles. The van der Waals surface area contributed by atoms with E-state index >= 15 is 0 Å². The molecule has 0 aromatic rings. The van der Waals surface area contributed by atoms with Gasteiger partial charge in [-0.3, -0.25) is 4.90 Å². The Morgan fingerprint density at radius 1 is 1.32 bits per heavy atom. The van der Waals surface area contributed by atoms with Gasteiger partial charge in [0.25, 0.3) is 0 Å². The quantitative estimate of drug-likeness (QED) is 0.735. The molecule has 0 saturated heterocycles. The lowest BCUT2D eigenvalue weighted by Crippen LogP contribution is -2.61. The zero-order chi connectivity index (χ0) is 13.9. The monoisotopic (exact) mass is 268 g/mol. The smallest absolute Gasteiger partial charge is 0.0590 e. The van der Waals surface area contributed by atoms with E-state index in [0.29, 0.717) is 6.04 Å². The molecule has 0 aromatic heterocycles. The molecule has 3 heteroatoms. The summed E-state index contributed by atoms with van der Waals surface area (Å²) in [4.78, 5) is 2.74. The van der Waals surface area contributed by atoms with Crippen molar-refractivity contribution < 1.29 is 4.74 Å². The highest BCUT2D eigenvalue weighted by Crippen LogP contribution is 2.53. The summed E-state index contributed by atoms with van der Waals surface area (Å²) in [5, 5.41) is 0. The van der Waals surface area contributed by atoms with Gasteiger partial charge in [-0.1, -0.05) is 20.3 Å². The Balaban J connectivity index is 2.19. The van der Waals surface area contributed by atoms with Crippen molar-refractivity contribution in [3.05, 3.63) is 0 Å². The molecule has 2 fully saturated rings. The summed E-state index contributed by atoms with van der Waals surface area (Å²) in [6.45, 7) is 7.32. The van der Waals surface area contributed by atoms with Crippen molar-refractivity contribution in [3.8, 4) is 0 Å². The van der Waals surface area contributed by atoms with E-state index < -0.39 is 0 Å². The Kier molecular flexibility index (Phi) is 5.27. The van der Waals surface area contributed by atoms with Crippen molar-refractivity contribution in [1.29, 1.82) is 0 Å². The summed E-state index contributed by atoms with van der Waals surface area (Å²) < 4.78 is 5.36. The molecule has 2 saturated carbocycles. The maximum atomic E-state index is 6.29. The summed E-state index contributed by atoms with van der Waals surface area (Å²) in [5.41, 5.74) is 6.57. The predicted octanol–water partition coefficient (Wildman–Crippen LogP) is 2.64. The van der Waals surface area contributed by atoms with Crippen molar-refractivity contribution in [1.82, 2.24) is 4.90 Å². The molecule has 0 amide bonds. The number of nitrogens with zero attached hydrogens (tertiary/aromatic N) is 1. The Bertz CT molecular complexity index is 280. The van der Waals surface area contributed by atoms with E-state index in [-0.39, 0.29) is 5.54 Å². The second-order valence-electron chi connectivity index (χ2n) is 6.54. The van der Waals surface area contributed by atoms with Crippen LogP contribution in [-0.4, -0.2) is 43.3 Å². The van der Waals surface area contributed by atoms with Crippen LogP contribution in [0, 0.1) is 11.8 Å². The molecular weight excluding hydrogens is 236 g/mol. The fraction of sp³-hybridized carbons (Fsp3) is 1.00. The van der Waals surface area contributed by atoms with Gasteiger partial charge in [0.15, 0.2) is 0 Å². The van der Waals surface area contributed by atoms with Gasteiger partial charge < -0.3 is 10.5 Å². The van der Waals surface area contributed by atoms with Gasteiger partial charge in [0, 0.05) is 31.8 Å². The van der Waals surface area contributed by atoms with Gasteiger partial charge in [-0.15, -0.1) is 0 Å². The third-order valence-electron chi connectivity index (χ3n) is 5.79. The van der Waals surface area contributed by atoms with Crippen LogP contribution in [0.4, 0.5) is 0 Å². The molecule has 0 radical (unpaired) electrons. The average Bonchev–Trinajstić information content (AvgIpc) is 3.04. The van der Waals surface area contributed by atoms with E-state index in [0.717, 1.165) is 31.5 Å². The first-order valence-electron chi connectivity index (χ1n) is 8.17. The van der Waals surface area contributed by atoms with Crippen LogP contribution in [0.15, 0.2) is 0 Å². The minimum Gasteiger partial charge on any atom is -0.383 e. The van der Waals surface area contributed by atoms with Crippen LogP contribution in [0.25, 0.3) is 0 Å². The summed E-state index contributed by atoms with van der Waals surface area (Å²) in [6, 6.07) is 0.665. The molecule has 2 N–H and O–H groups in total. The third kappa shape index (κ3) is 2.70. The van der Waals surface area contributed by atoms with E-state index in [4.69, 9.17) is 10.5 Å². The summed E-state index contributed by atoms with van der Waals surface area (Å²) in [5.74, 6) is 1.77. The van der Waals surface area contributed by atoms with E-state index in [1.807, 2.05) is 0 Å². The van der Waals surface area contributed by atoms with Gasteiger partial charge in [0.2, 0.25) is 0 Å². The molecule has 2 aliphatic carbocycles. The molecule has 2 bridgehead atoms. The minimum absolute atomic E-state index is 0.276. The number of hydrogen-bond donors (Lipinski definition) is 1. The number of methoxy groups -OCH3 is 1. The molecule has 3 unspecified atom stereocenters. The zero-order valence-electron chi connectivity index (χ0n) is 13.0. The number of nitrogens with two attached hydrogens (primary N) is 1. The van der Waals surface area contributed by atoms with Crippen LogP contribution in [0.2, 0.25) is 0 Å². The van der Waals surface area contributed by atoms with Crippen molar-refractivity contribution in [2.24, 2.45) is 17.6 Å². The molecule has 3 atom stereocenters. The van der Waals surface area contributed by atoms with Gasteiger partial charge in [-0.2, -0.15) is 0 Å². The third-order valence-corrected chi connectivity index (χ3v) is 5.79. The lowest BCUT2D eigenvalue weighted by atomic mass is 9.78. The van der Waals surface area contributed by atoms with Crippen LogP contribution in [0.1, 0.15) is 52.4 Å². The predicted molar refractivity (Wildman–Crippen MR) is 80.2 cm³/mol. The standard InChI is InChI=1S/C16H32N2O/c1-4-15(5-2)18(8-9-19-3)16(12-17)11-13-6-7-14(16)10-13/h13-15H,4-12,17H2,1-3H3. The Morgan fingerprint density at radius 2 is 2.05 bits per heavy atom. The molecule has 2 rings (SSSR count). The van der Waals surface area contributed by atoms with Gasteiger partial charge in [-0.05, 0) is 43.9 Å². The Labute approximate surface area is 118 Å². The first-order valence-corrected chi connectivity index (χ1v) is 8.17. The molecule has 112 valence electrons. The number of rotatable bonds is 8. The maximum absolute atomic E-state index is 6.29. The summed E-state index contributed by atoms with van der Waals surface area (Å²) in [7, 11) is 1.81. The van der Waals surface area contributed by atoms with E-state index in [9.17, 15) is 0 Å². The Hall–Kier alpha value is -0.120. The Morgan fingerprint density at radius 3 is 2.47 bits per heavy atom. The largest absolute Gasteiger partial charge is 0.383 e. The SMILES string of the molecule is CCC(CC)N(CCOC)C1(CN)CC2CCC1C2. The van der Waals surface area contributed by atoms with Crippen LogP contribution in [-0.2, 0) is 4.74 Å². The van der Waals surface area contributed by atoms with E-state index in [1.54, 1.807) is 7.11 Å². The summed E-state index contributed by atoms with van der Waals surface area (Å²) >= 11 is 0. The molecular formula is C16H32N2O. The number of ether oxygens (including phenoxy) is 1. The highest BCUT2D eigenvalue weighted by atomic mass is 16.5. The topological polar surface area (TPSA) is 38.5 Å². The van der Waals surface area contributed by atoms with Gasteiger partial charge in [-0.25, -0.2) is 0 Å². The lowest BCUT2D eigenvalue weighted by molar-refractivity contribution is -0.0141. The second kappa shape index (κ2) is 6.55. The van der Waals surface area contributed by atoms with Crippen LogP contribution < -0.4 is 5.73 Å². The highest BCUT2D eigenvalue weighted by molar-refractivity contribution is 5.09. The molecule has 19 heavy (non-hydrogen) atoms. The summed E-state index contributed by atoms with van der Waals surface area (Å²) in [6.07, 6.45) is 8.02. The second-order valence-corrected chi connectivity index (χ2v) is 6.54. The van der Waals surface area contributed by atoms with E-state index in [1.165, 1.54) is 38.5 Å². The zero-order valence-corrected chi connectivity index (χ0v) is 13.0. The molecule has 0 aliphatic heterocycles. The fourth-order valence-electron chi connectivity index (χ4n) is 4.82. The van der Waals surface area contributed by atoms with Gasteiger partial charge in [0.1, 0.15) is 0 Å². The highest BCUT2D eigenvalue weighted by Gasteiger charge is 2.54. The molecule has 3 nitrogen and oxygen atoms in total. The van der Waals surface area contributed by atoms with Gasteiger partial charge >= 0.3 is 0 Å². The lowest BCUT2D eigenvalue weighted by Gasteiger charge is -2.50. The van der Waals surface area contributed by atoms with Crippen molar-refractivity contribution >= 4 is 0 Å². The van der Waals surface area contributed by atoms with Crippen LogP contribution in [0.3, 0.4) is 0 Å². The molecule has 0 spiro atoms. The van der Waals surface area contributed by atoms with Gasteiger partial charge in [0.05, 0.1) is 6.61 Å².